The summed E-state index contributed by atoms with van der Waals surface area (Å²) in [4.78, 5) is 23.1. The first-order chi connectivity index (χ1) is 14.9. The van der Waals surface area contributed by atoms with Crippen LogP contribution in [0.2, 0.25) is 0 Å². The molecule has 31 heavy (non-hydrogen) atoms. The van der Waals surface area contributed by atoms with Crippen LogP contribution >= 0.6 is 0 Å². The van der Waals surface area contributed by atoms with Gasteiger partial charge in [0, 0.05) is 5.56 Å². The predicted molar refractivity (Wildman–Crippen MR) is 120 cm³/mol. The van der Waals surface area contributed by atoms with E-state index in [-0.39, 0.29) is 28.6 Å². The van der Waals surface area contributed by atoms with Gasteiger partial charge in [-0.1, -0.05) is 42.5 Å². The van der Waals surface area contributed by atoms with Crippen LogP contribution in [0.5, 0.6) is 5.75 Å². The molecule has 3 rings (SSSR count). The van der Waals surface area contributed by atoms with E-state index in [2.05, 4.69) is 6.08 Å². The van der Waals surface area contributed by atoms with Crippen molar-refractivity contribution in [2.75, 3.05) is 6.61 Å². The SMILES string of the molecule is CCOC(=O)CC1(CCC(/C=C/c2ccccc2O)Cc2ccc(C(=O)O)cc2)CC1. The molecule has 0 saturated heterocycles. The maximum atomic E-state index is 12.0. The number of para-hydroxylation sites is 1. The minimum absolute atomic E-state index is 0.0559. The monoisotopic (exact) mass is 422 g/mol. The summed E-state index contributed by atoms with van der Waals surface area (Å²) in [6.45, 7) is 2.24. The van der Waals surface area contributed by atoms with Crippen LogP contribution in [0.1, 0.15) is 60.5 Å². The second-order valence-electron chi connectivity index (χ2n) is 8.40. The van der Waals surface area contributed by atoms with Crippen molar-refractivity contribution in [1.29, 1.82) is 0 Å². The number of rotatable bonds is 11. The lowest BCUT2D eigenvalue weighted by Gasteiger charge is -2.19. The van der Waals surface area contributed by atoms with E-state index in [1.165, 1.54) is 0 Å². The summed E-state index contributed by atoms with van der Waals surface area (Å²) >= 11 is 0. The molecule has 5 heteroatoms. The summed E-state index contributed by atoms with van der Waals surface area (Å²) in [5, 5.41) is 19.2. The molecule has 0 amide bonds. The fraction of sp³-hybridized carbons (Fsp3) is 0.385. The van der Waals surface area contributed by atoms with Gasteiger partial charge in [-0.05, 0) is 74.1 Å². The number of carbonyl (C=O) groups is 2. The number of aromatic hydroxyl groups is 1. The number of aromatic carboxylic acids is 1. The Hall–Kier alpha value is -3.08. The molecule has 0 heterocycles. The Morgan fingerprint density at radius 2 is 1.84 bits per heavy atom. The van der Waals surface area contributed by atoms with E-state index < -0.39 is 5.97 Å². The first-order valence-corrected chi connectivity index (χ1v) is 10.8. The van der Waals surface area contributed by atoms with Crippen molar-refractivity contribution in [1.82, 2.24) is 0 Å². The van der Waals surface area contributed by atoms with Crippen molar-refractivity contribution < 1.29 is 24.5 Å². The summed E-state index contributed by atoms with van der Waals surface area (Å²) in [6, 6.07) is 14.2. The van der Waals surface area contributed by atoms with E-state index in [0.717, 1.165) is 43.2 Å². The van der Waals surface area contributed by atoms with Crippen LogP contribution in [0.4, 0.5) is 0 Å². The Balaban J connectivity index is 1.70. The van der Waals surface area contributed by atoms with Crippen LogP contribution in [-0.4, -0.2) is 28.8 Å². The van der Waals surface area contributed by atoms with Crippen LogP contribution in [0.3, 0.4) is 0 Å². The minimum Gasteiger partial charge on any atom is -0.507 e. The number of phenolic OH excluding ortho intramolecular Hbond substituents is 1. The molecule has 0 spiro atoms. The number of carboxylic acid groups (broad SMARTS) is 1. The first kappa shape index (κ1) is 22.6. The highest BCUT2D eigenvalue weighted by Crippen LogP contribution is 2.53. The van der Waals surface area contributed by atoms with Crippen LogP contribution in [-0.2, 0) is 16.0 Å². The number of phenols is 1. The molecule has 2 aromatic carbocycles. The average Bonchev–Trinajstić information content (AvgIpc) is 3.51. The van der Waals surface area contributed by atoms with Gasteiger partial charge in [0.1, 0.15) is 5.75 Å². The van der Waals surface area contributed by atoms with Crippen molar-refractivity contribution in [3.05, 3.63) is 71.3 Å². The van der Waals surface area contributed by atoms with Crippen molar-refractivity contribution in [2.24, 2.45) is 11.3 Å². The second kappa shape index (κ2) is 10.3. The van der Waals surface area contributed by atoms with E-state index in [1.807, 2.05) is 37.3 Å². The first-order valence-electron chi connectivity index (χ1n) is 10.8. The van der Waals surface area contributed by atoms with E-state index in [9.17, 15) is 14.7 Å². The Kier molecular flexibility index (Phi) is 7.50. The molecule has 1 unspecified atom stereocenters. The fourth-order valence-electron chi connectivity index (χ4n) is 3.92. The molecule has 0 radical (unpaired) electrons. The van der Waals surface area contributed by atoms with Crippen molar-refractivity contribution >= 4 is 18.0 Å². The number of hydrogen-bond acceptors (Lipinski definition) is 4. The van der Waals surface area contributed by atoms with Gasteiger partial charge in [-0.15, -0.1) is 0 Å². The zero-order valence-corrected chi connectivity index (χ0v) is 17.9. The quantitative estimate of drug-likeness (QED) is 0.469. The molecular formula is C26H30O5. The molecule has 1 saturated carbocycles. The van der Waals surface area contributed by atoms with Gasteiger partial charge in [-0.25, -0.2) is 4.79 Å². The molecule has 0 aromatic heterocycles. The normalized spacial score (nSPS) is 15.5. The predicted octanol–water partition coefficient (Wildman–Crippen LogP) is 5.48. The topological polar surface area (TPSA) is 83.8 Å². The third-order valence-electron chi connectivity index (χ3n) is 6.01. The molecule has 1 atom stereocenters. The number of hydrogen-bond donors (Lipinski definition) is 2. The summed E-state index contributed by atoms with van der Waals surface area (Å²) in [5.74, 6) is -0.609. The third-order valence-corrected chi connectivity index (χ3v) is 6.01. The zero-order valence-electron chi connectivity index (χ0n) is 17.9. The molecule has 5 nitrogen and oxygen atoms in total. The highest BCUT2D eigenvalue weighted by atomic mass is 16.5. The van der Waals surface area contributed by atoms with Gasteiger partial charge >= 0.3 is 11.9 Å². The van der Waals surface area contributed by atoms with Crippen LogP contribution in [0.25, 0.3) is 6.08 Å². The maximum absolute atomic E-state index is 12.0. The summed E-state index contributed by atoms with van der Waals surface area (Å²) in [5.41, 5.74) is 2.16. The lowest BCUT2D eigenvalue weighted by Crippen LogP contribution is -2.14. The third kappa shape index (κ3) is 6.71. The van der Waals surface area contributed by atoms with Gasteiger partial charge in [-0.3, -0.25) is 4.79 Å². The van der Waals surface area contributed by atoms with E-state index >= 15 is 0 Å². The van der Waals surface area contributed by atoms with Gasteiger partial charge in [-0.2, -0.15) is 0 Å². The van der Waals surface area contributed by atoms with Crippen molar-refractivity contribution in [2.45, 2.75) is 45.4 Å². The molecule has 0 bridgehead atoms. The molecule has 1 aliphatic rings. The van der Waals surface area contributed by atoms with Crippen molar-refractivity contribution in [3.63, 3.8) is 0 Å². The second-order valence-corrected chi connectivity index (χ2v) is 8.40. The summed E-state index contributed by atoms with van der Waals surface area (Å²) < 4.78 is 5.14. The largest absolute Gasteiger partial charge is 0.507 e. The Morgan fingerprint density at radius 3 is 2.45 bits per heavy atom. The smallest absolute Gasteiger partial charge is 0.335 e. The standard InChI is InChI=1S/C26H30O5/c1-2-31-24(28)18-26(15-16-26)14-13-20(7-10-21-5-3-4-6-23(21)27)17-19-8-11-22(12-9-19)25(29)30/h3-12,20,27H,2,13-18H2,1H3,(H,29,30)/b10-7+. The molecule has 164 valence electrons. The van der Waals surface area contributed by atoms with Gasteiger partial charge in [0.05, 0.1) is 18.6 Å². The van der Waals surface area contributed by atoms with Gasteiger partial charge in [0.25, 0.3) is 0 Å². The maximum Gasteiger partial charge on any atom is 0.335 e. The lowest BCUT2D eigenvalue weighted by molar-refractivity contribution is -0.144. The molecule has 2 N–H and O–H groups in total. The average molecular weight is 423 g/mol. The molecular weight excluding hydrogens is 392 g/mol. The molecule has 1 aliphatic carbocycles. The molecule has 1 fully saturated rings. The fourth-order valence-corrected chi connectivity index (χ4v) is 3.92. The highest BCUT2D eigenvalue weighted by molar-refractivity contribution is 5.87. The van der Waals surface area contributed by atoms with Gasteiger partial charge in [0.2, 0.25) is 0 Å². The Morgan fingerprint density at radius 1 is 1.13 bits per heavy atom. The highest BCUT2D eigenvalue weighted by Gasteiger charge is 2.44. The number of carboxylic acids is 1. The number of ether oxygens (including phenoxy) is 1. The zero-order chi connectivity index (χ0) is 22.3. The van der Waals surface area contributed by atoms with E-state index in [4.69, 9.17) is 9.84 Å². The summed E-state index contributed by atoms with van der Waals surface area (Å²) in [7, 11) is 0. The minimum atomic E-state index is -0.933. The van der Waals surface area contributed by atoms with Crippen LogP contribution < -0.4 is 0 Å². The van der Waals surface area contributed by atoms with Crippen molar-refractivity contribution in [3.8, 4) is 5.75 Å². The summed E-state index contributed by atoms with van der Waals surface area (Å²) in [6.07, 6.45) is 9.24. The van der Waals surface area contributed by atoms with Gasteiger partial charge in [0.15, 0.2) is 0 Å². The lowest BCUT2D eigenvalue weighted by atomic mass is 9.87. The number of carbonyl (C=O) groups excluding carboxylic acids is 1. The number of allylic oxidation sites excluding steroid dienone is 1. The Labute approximate surface area is 183 Å². The molecule has 0 aliphatic heterocycles. The molecule has 2 aromatic rings. The van der Waals surface area contributed by atoms with Gasteiger partial charge < -0.3 is 14.9 Å². The van der Waals surface area contributed by atoms with E-state index in [0.29, 0.717) is 13.0 Å². The van der Waals surface area contributed by atoms with E-state index in [1.54, 1.807) is 24.3 Å². The van der Waals surface area contributed by atoms with Crippen LogP contribution in [0, 0.1) is 11.3 Å². The van der Waals surface area contributed by atoms with Crippen LogP contribution in [0.15, 0.2) is 54.6 Å². The number of esters is 1. The number of benzene rings is 2. The Bertz CT molecular complexity index is 925.